The number of carbonyl (C=O) groups is 1. The Morgan fingerprint density at radius 1 is 1.30 bits per heavy atom. The van der Waals surface area contributed by atoms with Crippen molar-refractivity contribution in [3.63, 3.8) is 0 Å². The summed E-state index contributed by atoms with van der Waals surface area (Å²) in [6.07, 6.45) is 1.18. The highest BCUT2D eigenvalue weighted by molar-refractivity contribution is 14.0. The van der Waals surface area contributed by atoms with Crippen LogP contribution in [0.3, 0.4) is 0 Å². The maximum absolute atomic E-state index is 12.2. The van der Waals surface area contributed by atoms with Crippen LogP contribution < -0.4 is 15.4 Å². The van der Waals surface area contributed by atoms with Gasteiger partial charge in [-0.15, -0.1) is 24.0 Å². The highest BCUT2D eigenvalue weighted by atomic mass is 127. The molecule has 0 spiro atoms. The molecule has 1 aromatic rings. The Morgan fingerprint density at radius 2 is 2.04 bits per heavy atom. The monoisotopic (exact) mass is 506 g/mol. The number of methoxy groups -OCH3 is 1. The topological polar surface area (TPSA) is 66.0 Å². The summed E-state index contributed by atoms with van der Waals surface area (Å²) in [5.74, 6) is 2.74. The van der Waals surface area contributed by atoms with E-state index in [1.165, 1.54) is 6.42 Å². The number of aliphatic imine (C=N–C) groups is 1. The molecule has 8 heteroatoms. The Morgan fingerprint density at radius 3 is 2.67 bits per heavy atom. The summed E-state index contributed by atoms with van der Waals surface area (Å²) < 4.78 is 5.11. The first kappa shape index (κ1) is 23.9. The molecule has 1 fully saturated rings. The van der Waals surface area contributed by atoms with Gasteiger partial charge in [0, 0.05) is 42.7 Å². The molecule has 1 atom stereocenters. The number of hydrogen-bond acceptors (Lipinski definition) is 4. The average Bonchev–Trinajstić information content (AvgIpc) is 2.70. The molecule has 0 aromatic heterocycles. The minimum atomic E-state index is -0.0896. The third kappa shape index (κ3) is 7.77. The number of benzene rings is 1. The Balaban J connectivity index is 0.00000364. The number of carbonyl (C=O) groups excluding carboxylic acids is 1. The maximum Gasteiger partial charge on any atom is 0.251 e. The Kier molecular flexibility index (Phi) is 11.6. The fourth-order valence-electron chi connectivity index (χ4n) is 2.76. The SMILES string of the molecule is CCNC(=NCCNC(=O)c1ccc(OC)cc1)N1CCSC(CC)C1.I. The van der Waals surface area contributed by atoms with Gasteiger partial charge in [0.2, 0.25) is 0 Å². The van der Waals surface area contributed by atoms with Crippen LogP contribution in [0.25, 0.3) is 0 Å². The fraction of sp³-hybridized carbons (Fsp3) is 0.579. The molecule has 0 aliphatic carbocycles. The molecule has 27 heavy (non-hydrogen) atoms. The molecular formula is C19H31IN4O2S. The molecule has 0 saturated carbocycles. The van der Waals surface area contributed by atoms with Crippen molar-refractivity contribution in [3.8, 4) is 5.75 Å². The average molecular weight is 506 g/mol. The first-order chi connectivity index (χ1) is 12.7. The van der Waals surface area contributed by atoms with E-state index in [4.69, 9.17) is 4.74 Å². The summed E-state index contributed by atoms with van der Waals surface area (Å²) in [6, 6.07) is 7.10. The van der Waals surface area contributed by atoms with Gasteiger partial charge < -0.3 is 20.3 Å². The van der Waals surface area contributed by atoms with Crippen LogP contribution in [0.5, 0.6) is 5.75 Å². The molecule has 1 unspecified atom stereocenters. The van der Waals surface area contributed by atoms with Crippen molar-refractivity contribution >= 4 is 47.6 Å². The van der Waals surface area contributed by atoms with Crippen molar-refractivity contribution < 1.29 is 9.53 Å². The highest BCUT2D eigenvalue weighted by Gasteiger charge is 2.21. The third-order valence-electron chi connectivity index (χ3n) is 4.24. The Bertz CT molecular complexity index is 598. The predicted molar refractivity (Wildman–Crippen MR) is 125 cm³/mol. The number of ether oxygens (including phenoxy) is 1. The lowest BCUT2D eigenvalue weighted by molar-refractivity contribution is 0.0954. The van der Waals surface area contributed by atoms with Crippen molar-refractivity contribution in [2.45, 2.75) is 25.5 Å². The minimum Gasteiger partial charge on any atom is -0.497 e. The van der Waals surface area contributed by atoms with E-state index in [1.54, 1.807) is 31.4 Å². The van der Waals surface area contributed by atoms with Gasteiger partial charge in [0.1, 0.15) is 5.75 Å². The van der Waals surface area contributed by atoms with E-state index in [1.807, 2.05) is 11.8 Å². The van der Waals surface area contributed by atoms with Crippen LogP contribution in [-0.2, 0) is 0 Å². The van der Waals surface area contributed by atoms with E-state index in [-0.39, 0.29) is 29.9 Å². The standard InChI is InChI=1S/C19H30N4O2S.HI/c1-4-17-14-23(12-13-26-17)19(20-5-2)22-11-10-21-18(24)15-6-8-16(25-3)9-7-15;/h6-9,17H,4-5,10-14H2,1-3H3,(H,20,22)(H,21,24);1H. The van der Waals surface area contributed by atoms with Gasteiger partial charge in [-0.05, 0) is 37.6 Å². The number of halogens is 1. The summed E-state index contributed by atoms with van der Waals surface area (Å²) in [7, 11) is 1.61. The number of guanidine groups is 1. The number of hydrogen-bond donors (Lipinski definition) is 2. The summed E-state index contributed by atoms with van der Waals surface area (Å²) >= 11 is 2.04. The smallest absolute Gasteiger partial charge is 0.251 e. The number of amides is 1. The zero-order chi connectivity index (χ0) is 18.8. The summed E-state index contributed by atoms with van der Waals surface area (Å²) in [6.45, 7) is 8.29. The lowest BCUT2D eigenvalue weighted by Crippen LogP contribution is -2.48. The number of rotatable bonds is 7. The Hall–Kier alpha value is -1.16. The number of thioether (sulfide) groups is 1. The van der Waals surface area contributed by atoms with Crippen LogP contribution in [0.1, 0.15) is 30.6 Å². The maximum atomic E-state index is 12.2. The second kappa shape index (κ2) is 13.1. The zero-order valence-corrected chi connectivity index (χ0v) is 19.5. The lowest BCUT2D eigenvalue weighted by Gasteiger charge is -2.34. The van der Waals surface area contributed by atoms with Crippen molar-refractivity contribution in [2.24, 2.45) is 4.99 Å². The molecular weight excluding hydrogens is 475 g/mol. The fourth-order valence-corrected chi connectivity index (χ4v) is 3.94. The van der Waals surface area contributed by atoms with Gasteiger partial charge in [-0.1, -0.05) is 6.92 Å². The highest BCUT2D eigenvalue weighted by Crippen LogP contribution is 2.21. The van der Waals surface area contributed by atoms with Gasteiger partial charge in [0.25, 0.3) is 5.91 Å². The number of nitrogens with zero attached hydrogens (tertiary/aromatic N) is 2. The van der Waals surface area contributed by atoms with Gasteiger partial charge >= 0.3 is 0 Å². The van der Waals surface area contributed by atoms with E-state index < -0.39 is 0 Å². The number of nitrogens with one attached hydrogen (secondary N) is 2. The molecule has 0 radical (unpaired) electrons. The van der Waals surface area contributed by atoms with Gasteiger partial charge in [-0.3, -0.25) is 9.79 Å². The van der Waals surface area contributed by atoms with E-state index in [0.717, 1.165) is 37.1 Å². The molecule has 1 aromatic carbocycles. The Labute approximate surface area is 183 Å². The van der Waals surface area contributed by atoms with E-state index in [2.05, 4.69) is 34.4 Å². The summed E-state index contributed by atoms with van der Waals surface area (Å²) in [5, 5.41) is 6.96. The van der Waals surface area contributed by atoms with Gasteiger partial charge in [0.05, 0.1) is 13.7 Å². The van der Waals surface area contributed by atoms with Gasteiger partial charge in [-0.2, -0.15) is 11.8 Å². The molecule has 6 nitrogen and oxygen atoms in total. The molecule has 1 heterocycles. The molecule has 1 aliphatic heterocycles. The summed E-state index contributed by atoms with van der Waals surface area (Å²) in [4.78, 5) is 19.2. The second-order valence-corrected chi connectivity index (χ2v) is 7.48. The predicted octanol–water partition coefficient (Wildman–Crippen LogP) is 2.84. The van der Waals surface area contributed by atoms with Crippen LogP contribution in [0, 0.1) is 0 Å². The van der Waals surface area contributed by atoms with E-state index >= 15 is 0 Å². The molecule has 2 N–H and O–H groups in total. The molecule has 2 rings (SSSR count). The van der Waals surface area contributed by atoms with Crippen molar-refractivity contribution in [1.82, 2.24) is 15.5 Å². The minimum absolute atomic E-state index is 0. The van der Waals surface area contributed by atoms with E-state index in [0.29, 0.717) is 23.9 Å². The van der Waals surface area contributed by atoms with Crippen molar-refractivity contribution in [2.75, 3.05) is 45.6 Å². The quantitative estimate of drug-likeness (QED) is 0.258. The third-order valence-corrected chi connectivity index (χ3v) is 5.61. The van der Waals surface area contributed by atoms with Gasteiger partial charge in [-0.25, -0.2) is 0 Å². The molecule has 0 bridgehead atoms. The van der Waals surface area contributed by atoms with Crippen LogP contribution in [0.4, 0.5) is 0 Å². The second-order valence-electron chi connectivity index (χ2n) is 6.07. The van der Waals surface area contributed by atoms with Crippen LogP contribution in [0.15, 0.2) is 29.3 Å². The van der Waals surface area contributed by atoms with Crippen LogP contribution >= 0.6 is 35.7 Å². The van der Waals surface area contributed by atoms with Crippen LogP contribution in [0.2, 0.25) is 0 Å². The first-order valence-corrected chi connectivity index (χ1v) is 10.3. The van der Waals surface area contributed by atoms with E-state index in [9.17, 15) is 4.79 Å². The molecule has 1 saturated heterocycles. The molecule has 1 aliphatic rings. The zero-order valence-electron chi connectivity index (χ0n) is 16.4. The normalized spacial score (nSPS) is 17.1. The van der Waals surface area contributed by atoms with Crippen molar-refractivity contribution in [3.05, 3.63) is 29.8 Å². The van der Waals surface area contributed by atoms with Crippen LogP contribution in [-0.4, -0.2) is 67.6 Å². The lowest BCUT2D eigenvalue weighted by atomic mass is 10.2. The summed E-state index contributed by atoms with van der Waals surface area (Å²) in [5.41, 5.74) is 0.625. The molecule has 152 valence electrons. The van der Waals surface area contributed by atoms with Gasteiger partial charge in [0.15, 0.2) is 5.96 Å². The largest absolute Gasteiger partial charge is 0.497 e. The molecule has 1 amide bonds. The first-order valence-electron chi connectivity index (χ1n) is 9.25. The van der Waals surface area contributed by atoms with Crippen molar-refractivity contribution in [1.29, 1.82) is 0 Å².